The molecule has 0 saturated carbocycles. The summed E-state index contributed by atoms with van der Waals surface area (Å²) in [6.45, 7) is 11.0. The average Bonchev–Trinajstić information content (AvgIpc) is 3.34. The van der Waals surface area contributed by atoms with Gasteiger partial charge in [-0.1, -0.05) is 49.7 Å². The van der Waals surface area contributed by atoms with Crippen LogP contribution in [0.25, 0.3) is 5.69 Å². The van der Waals surface area contributed by atoms with Crippen LogP contribution in [-0.4, -0.2) is 82.4 Å². The quantitative estimate of drug-likeness (QED) is 0.404. The van der Waals surface area contributed by atoms with E-state index < -0.39 is 6.10 Å². The Morgan fingerprint density at radius 3 is 2.35 bits per heavy atom. The van der Waals surface area contributed by atoms with E-state index in [0.717, 1.165) is 49.0 Å². The van der Waals surface area contributed by atoms with Gasteiger partial charge in [0.05, 0.1) is 17.9 Å². The molecule has 4 rings (SSSR count). The first kappa shape index (κ1) is 27.0. The van der Waals surface area contributed by atoms with Crippen molar-refractivity contribution in [2.75, 3.05) is 45.9 Å². The second kappa shape index (κ2) is 13.0. The van der Waals surface area contributed by atoms with Gasteiger partial charge in [-0.2, -0.15) is 5.10 Å². The van der Waals surface area contributed by atoms with Crippen LogP contribution in [0.5, 0.6) is 5.75 Å². The van der Waals surface area contributed by atoms with Crippen molar-refractivity contribution in [3.8, 4) is 11.4 Å². The summed E-state index contributed by atoms with van der Waals surface area (Å²) < 4.78 is 7.71. The summed E-state index contributed by atoms with van der Waals surface area (Å²) in [5.74, 6) is 1.38. The Kier molecular flexibility index (Phi) is 9.50. The van der Waals surface area contributed by atoms with Gasteiger partial charge in [0.25, 0.3) is 0 Å². The fourth-order valence-corrected chi connectivity index (χ4v) is 4.66. The standard InChI is InChI=1S/C30H40N4O3/c1-23(2)30-19-25(31-34(30)26-7-5-4-6-8-26)11-12-27(35)20-32-15-17-33(18-16-32)21-28(36)22-37-29-13-9-24(3)10-14-29/h4-10,13-14,19,23,28,36H,11-12,15-18,20-22H2,1-3H3/t28-/m0/s1. The monoisotopic (exact) mass is 504 g/mol. The Morgan fingerprint density at radius 1 is 1.00 bits per heavy atom. The second-order valence-corrected chi connectivity index (χ2v) is 10.4. The zero-order valence-corrected chi connectivity index (χ0v) is 22.3. The Hall–Kier alpha value is -3.00. The topological polar surface area (TPSA) is 70.8 Å². The molecule has 198 valence electrons. The molecule has 37 heavy (non-hydrogen) atoms. The molecule has 2 heterocycles. The van der Waals surface area contributed by atoms with E-state index in [1.54, 1.807) is 0 Å². The molecular formula is C30H40N4O3. The van der Waals surface area contributed by atoms with Crippen LogP contribution in [-0.2, 0) is 11.2 Å². The summed E-state index contributed by atoms with van der Waals surface area (Å²) in [7, 11) is 0. The van der Waals surface area contributed by atoms with E-state index in [4.69, 9.17) is 9.84 Å². The number of ether oxygens (including phenoxy) is 1. The number of aryl methyl sites for hydroxylation is 2. The predicted octanol–water partition coefficient (Wildman–Crippen LogP) is 3.86. The normalized spacial score (nSPS) is 15.7. The Labute approximate surface area is 220 Å². The van der Waals surface area contributed by atoms with Gasteiger partial charge in [0.1, 0.15) is 24.2 Å². The maximum absolute atomic E-state index is 12.7. The van der Waals surface area contributed by atoms with Gasteiger partial charge >= 0.3 is 0 Å². The first-order valence-corrected chi connectivity index (χ1v) is 13.4. The first-order chi connectivity index (χ1) is 17.9. The number of rotatable bonds is 12. The molecule has 0 unspecified atom stereocenters. The summed E-state index contributed by atoms with van der Waals surface area (Å²) in [5.41, 5.74) is 4.36. The molecular weight excluding hydrogens is 464 g/mol. The van der Waals surface area contributed by atoms with Crippen molar-refractivity contribution in [3.63, 3.8) is 0 Å². The molecule has 7 heteroatoms. The fraction of sp³-hybridized carbons (Fsp3) is 0.467. The molecule has 1 saturated heterocycles. The van der Waals surface area contributed by atoms with Gasteiger partial charge in [-0.05, 0) is 49.6 Å². The highest BCUT2D eigenvalue weighted by atomic mass is 16.5. The number of β-amino-alcohol motifs (C(OH)–C–C–N with tert-alkyl or cyclic N) is 1. The highest BCUT2D eigenvalue weighted by molar-refractivity contribution is 5.80. The number of ketones is 1. The molecule has 1 fully saturated rings. The van der Waals surface area contributed by atoms with Crippen LogP contribution in [0.1, 0.15) is 43.1 Å². The summed E-state index contributed by atoms with van der Waals surface area (Å²) >= 11 is 0. The fourth-order valence-electron chi connectivity index (χ4n) is 4.66. The molecule has 1 atom stereocenters. The lowest BCUT2D eigenvalue weighted by Gasteiger charge is -2.35. The van der Waals surface area contributed by atoms with E-state index in [2.05, 4.69) is 41.8 Å². The SMILES string of the molecule is Cc1ccc(OC[C@@H](O)CN2CCN(CC(=O)CCc3cc(C(C)C)n(-c4ccccc4)n3)CC2)cc1. The van der Waals surface area contributed by atoms with Crippen molar-refractivity contribution in [2.24, 2.45) is 0 Å². The zero-order chi connectivity index (χ0) is 26.2. The van der Waals surface area contributed by atoms with Crippen molar-refractivity contribution >= 4 is 5.78 Å². The highest BCUT2D eigenvalue weighted by Gasteiger charge is 2.21. The molecule has 1 aliphatic heterocycles. The van der Waals surface area contributed by atoms with E-state index in [-0.39, 0.29) is 12.4 Å². The minimum absolute atomic E-state index is 0.250. The largest absolute Gasteiger partial charge is 0.491 e. The number of carbonyl (C=O) groups is 1. The number of Topliss-reactive ketones (excluding diaryl/α,β-unsaturated/α-hetero) is 1. The van der Waals surface area contributed by atoms with Gasteiger partial charge in [-0.25, -0.2) is 4.68 Å². The minimum Gasteiger partial charge on any atom is -0.491 e. The predicted molar refractivity (Wildman–Crippen MR) is 147 cm³/mol. The Morgan fingerprint density at radius 2 is 1.68 bits per heavy atom. The number of nitrogens with zero attached hydrogens (tertiary/aromatic N) is 4. The molecule has 0 amide bonds. The molecule has 1 aliphatic rings. The van der Waals surface area contributed by atoms with Crippen LogP contribution < -0.4 is 4.74 Å². The number of aliphatic hydroxyl groups excluding tert-OH is 1. The number of carbonyl (C=O) groups excluding carboxylic acids is 1. The van der Waals surface area contributed by atoms with Crippen LogP contribution >= 0.6 is 0 Å². The van der Waals surface area contributed by atoms with Crippen molar-refractivity contribution in [2.45, 2.75) is 45.6 Å². The lowest BCUT2D eigenvalue weighted by Crippen LogP contribution is -2.50. The molecule has 0 spiro atoms. The molecule has 0 aliphatic carbocycles. The Bertz CT molecular complexity index is 1120. The van der Waals surface area contributed by atoms with Crippen LogP contribution in [0.15, 0.2) is 60.7 Å². The smallest absolute Gasteiger partial charge is 0.147 e. The van der Waals surface area contributed by atoms with Crippen LogP contribution in [0, 0.1) is 6.92 Å². The molecule has 0 bridgehead atoms. The third-order valence-electron chi connectivity index (χ3n) is 6.84. The summed E-state index contributed by atoms with van der Waals surface area (Å²) in [4.78, 5) is 17.2. The molecule has 0 radical (unpaired) electrons. The molecule has 7 nitrogen and oxygen atoms in total. The molecule has 1 N–H and O–H groups in total. The highest BCUT2D eigenvalue weighted by Crippen LogP contribution is 2.21. The van der Waals surface area contributed by atoms with E-state index in [9.17, 15) is 9.90 Å². The molecule has 3 aromatic rings. The first-order valence-electron chi connectivity index (χ1n) is 13.4. The number of benzene rings is 2. The number of piperazine rings is 1. The summed E-state index contributed by atoms with van der Waals surface area (Å²) in [6.07, 6.45) is 0.616. The average molecular weight is 505 g/mol. The van der Waals surface area contributed by atoms with Crippen molar-refractivity contribution in [3.05, 3.63) is 77.6 Å². The maximum Gasteiger partial charge on any atom is 0.147 e. The van der Waals surface area contributed by atoms with E-state index in [0.29, 0.717) is 31.8 Å². The Balaban J connectivity index is 1.17. The number of hydrogen-bond donors (Lipinski definition) is 1. The van der Waals surface area contributed by atoms with Crippen molar-refractivity contribution in [1.82, 2.24) is 19.6 Å². The molecule has 2 aromatic carbocycles. The lowest BCUT2D eigenvalue weighted by atomic mass is 10.1. The van der Waals surface area contributed by atoms with Gasteiger partial charge in [0.15, 0.2) is 0 Å². The van der Waals surface area contributed by atoms with E-state index >= 15 is 0 Å². The maximum atomic E-state index is 12.7. The van der Waals surface area contributed by atoms with Crippen LogP contribution in [0.2, 0.25) is 0 Å². The van der Waals surface area contributed by atoms with Gasteiger partial charge < -0.3 is 9.84 Å². The number of hydrogen-bond acceptors (Lipinski definition) is 6. The van der Waals surface area contributed by atoms with Gasteiger partial charge in [0, 0.05) is 44.8 Å². The third kappa shape index (κ3) is 7.99. The summed E-state index contributed by atoms with van der Waals surface area (Å²) in [5, 5.41) is 15.2. The van der Waals surface area contributed by atoms with E-state index in [1.165, 1.54) is 5.56 Å². The van der Waals surface area contributed by atoms with E-state index in [1.807, 2.05) is 54.1 Å². The third-order valence-corrected chi connectivity index (χ3v) is 6.84. The summed E-state index contributed by atoms with van der Waals surface area (Å²) in [6, 6.07) is 20.2. The second-order valence-electron chi connectivity index (χ2n) is 10.4. The lowest BCUT2D eigenvalue weighted by molar-refractivity contribution is -0.120. The number of aromatic nitrogens is 2. The van der Waals surface area contributed by atoms with Gasteiger partial charge in [0.2, 0.25) is 0 Å². The van der Waals surface area contributed by atoms with Gasteiger partial charge in [-0.3, -0.25) is 14.6 Å². The molecule has 1 aromatic heterocycles. The van der Waals surface area contributed by atoms with Crippen molar-refractivity contribution < 1.29 is 14.6 Å². The number of aliphatic hydroxyl groups is 1. The van der Waals surface area contributed by atoms with Crippen LogP contribution in [0.3, 0.4) is 0 Å². The van der Waals surface area contributed by atoms with Gasteiger partial charge in [-0.15, -0.1) is 0 Å². The zero-order valence-electron chi connectivity index (χ0n) is 22.3. The van der Waals surface area contributed by atoms with Crippen molar-refractivity contribution in [1.29, 1.82) is 0 Å². The minimum atomic E-state index is -0.541. The number of para-hydroxylation sites is 1. The van der Waals surface area contributed by atoms with Crippen LogP contribution in [0.4, 0.5) is 0 Å².